The first-order valence-corrected chi connectivity index (χ1v) is 5.96. The number of alkyl halides is 1. The zero-order valence-electron chi connectivity index (χ0n) is 10.4. The summed E-state index contributed by atoms with van der Waals surface area (Å²) < 4.78 is 13.3. The lowest BCUT2D eigenvalue weighted by molar-refractivity contribution is -0.119. The number of carbonyl (C=O) groups excluding carboxylic acids is 1. The molecule has 1 fully saturated rings. The molecule has 1 aromatic rings. The predicted molar refractivity (Wildman–Crippen MR) is 67.8 cm³/mol. The van der Waals surface area contributed by atoms with Gasteiger partial charge in [0.25, 0.3) is 0 Å². The largest absolute Gasteiger partial charge is 0.465 e. The number of amides is 2. The van der Waals surface area contributed by atoms with Gasteiger partial charge in [-0.3, -0.25) is 9.69 Å². The van der Waals surface area contributed by atoms with Crippen LogP contribution in [0.4, 0.5) is 14.9 Å². The van der Waals surface area contributed by atoms with Crippen LogP contribution in [0.25, 0.3) is 0 Å². The number of nitriles is 1. The summed E-state index contributed by atoms with van der Waals surface area (Å²) in [5.41, 5.74) is 0.546. The molecule has 0 bridgehead atoms. The number of anilines is 1. The van der Waals surface area contributed by atoms with Gasteiger partial charge >= 0.3 is 6.09 Å². The van der Waals surface area contributed by atoms with Gasteiger partial charge in [0.2, 0.25) is 5.91 Å². The number of rotatable bonds is 2. The monoisotopic (exact) mass is 277 g/mol. The van der Waals surface area contributed by atoms with E-state index in [1.54, 1.807) is 12.1 Å². The van der Waals surface area contributed by atoms with Crippen LogP contribution in [0.2, 0.25) is 0 Å². The van der Waals surface area contributed by atoms with Crippen LogP contribution in [-0.2, 0) is 4.79 Å². The van der Waals surface area contributed by atoms with Crippen LogP contribution in [0.15, 0.2) is 24.3 Å². The number of nitrogens with zero attached hydrogens (tertiary/aromatic N) is 2. The highest BCUT2D eigenvalue weighted by atomic mass is 19.1. The molecule has 1 saturated heterocycles. The van der Waals surface area contributed by atoms with Crippen molar-refractivity contribution in [2.24, 2.45) is 0 Å². The summed E-state index contributed by atoms with van der Waals surface area (Å²) in [5, 5.41) is 20.3. The smallest absolute Gasteiger partial charge is 0.408 e. The molecule has 1 aliphatic heterocycles. The summed E-state index contributed by atoms with van der Waals surface area (Å²) >= 11 is 0. The highest BCUT2D eigenvalue weighted by Crippen LogP contribution is 2.23. The molecule has 6 nitrogen and oxygen atoms in total. The number of hydrogen-bond acceptors (Lipinski definition) is 3. The third kappa shape index (κ3) is 2.69. The molecule has 0 saturated carbocycles. The maximum atomic E-state index is 13.3. The third-order valence-electron chi connectivity index (χ3n) is 3.10. The lowest BCUT2D eigenvalue weighted by atomic mass is 10.1. The van der Waals surface area contributed by atoms with Gasteiger partial charge in [-0.25, -0.2) is 9.18 Å². The van der Waals surface area contributed by atoms with Gasteiger partial charge in [0.1, 0.15) is 18.3 Å². The van der Waals surface area contributed by atoms with Crippen LogP contribution < -0.4 is 5.32 Å². The van der Waals surface area contributed by atoms with Crippen molar-refractivity contribution in [2.75, 3.05) is 11.9 Å². The molecule has 7 heteroatoms. The van der Waals surface area contributed by atoms with Crippen LogP contribution in [0.3, 0.4) is 0 Å². The van der Waals surface area contributed by atoms with Crippen LogP contribution >= 0.6 is 0 Å². The number of carboxylic acid groups (broad SMARTS) is 1. The van der Waals surface area contributed by atoms with Gasteiger partial charge in [0, 0.05) is 6.42 Å². The summed E-state index contributed by atoms with van der Waals surface area (Å²) in [6.07, 6.45) is -2.86. The van der Waals surface area contributed by atoms with Crippen molar-refractivity contribution in [1.82, 2.24) is 4.90 Å². The summed E-state index contributed by atoms with van der Waals surface area (Å²) in [5.74, 6) is -0.629. The van der Waals surface area contributed by atoms with E-state index < -0.39 is 24.2 Å². The normalized spacial score (nSPS) is 21.3. The van der Waals surface area contributed by atoms with E-state index in [4.69, 9.17) is 10.4 Å². The Morgan fingerprint density at radius 2 is 2.15 bits per heavy atom. The molecule has 0 spiro atoms. The molecule has 2 atom stereocenters. The summed E-state index contributed by atoms with van der Waals surface area (Å²) in [6.45, 7) is -0.312. The number of benzene rings is 1. The third-order valence-corrected chi connectivity index (χ3v) is 3.10. The fraction of sp³-hybridized carbons (Fsp3) is 0.308. The van der Waals surface area contributed by atoms with Crippen molar-refractivity contribution in [2.45, 2.75) is 18.6 Å². The number of para-hydroxylation sites is 1. The number of likely N-dealkylation sites (tertiary alicyclic amines) is 1. The van der Waals surface area contributed by atoms with E-state index in [2.05, 4.69) is 5.32 Å². The Balaban J connectivity index is 2.16. The minimum absolute atomic E-state index is 0.174. The van der Waals surface area contributed by atoms with E-state index in [0.717, 1.165) is 4.90 Å². The molecule has 0 aromatic heterocycles. The Kier molecular flexibility index (Phi) is 3.84. The highest BCUT2D eigenvalue weighted by molar-refractivity contribution is 5.97. The van der Waals surface area contributed by atoms with Crippen LogP contribution in [0, 0.1) is 11.3 Å². The number of nitrogens with one attached hydrogen (secondary N) is 1. The molecule has 1 aliphatic rings. The Bertz CT molecular complexity index is 584. The summed E-state index contributed by atoms with van der Waals surface area (Å²) in [7, 11) is 0. The standard InChI is InChI=1S/C13H12FN3O3/c14-9-5-11(17(7-9)13(19)20)12(18)16-10-4-2-1-3-8(10)6-15/h1-4,9,11H,5,7H2,(H,16,18)(H,19,20)/t9-,11-/m1/s1. The summed E-state index contributed by atoms with van der Waals surface area (Å²) in [6, 6.07) is 7.18. The van der Waals surface area contributed by atoms with Crippen molar-refractivity contribution < 1.29 is 19.1 Å². The Hall–Kier alpha value is -2.62. The Morgan fingerprint density at radius 1 is 1.45 bits per heavy atom. The lowest BCUT2D eigenvalue weighted by Crippen LogP contribution is -2.42. The maximum Gasteiger partial charge on any atom is 0.408 e. The van der Waals surface area contributed by atoms with Gasteiger partial charge in [-0.2, -0.15) is 5.26 Å². The first-order chi connectivity index (χ1) is 9.52. The first kappa shape index (κ1) is 13.8. The van der Waals surface area contributed by atoms with Crippen LogP contribution in [0.5, 0.6) is 0 Å². The quantitative estimate of drug-likeness (QED) is 0.858. The van der Waals surface area contributed by atoms with Crippen molar-refractivity contribution in [3.63, 3.8) is 0 Å². The highest BCUT2D eigenvalue weighted by Gasteiger charge is 2.40. The number of halogens is 1. The topological polar surface area (TPSA) is 93.4 Å². The van der Waals surface area contributed by atoms with Gasteiger partial charge in [-0.15, -0.1) is 0 Å². The average Bonchev–Trinajstić information content (AvgIpc) is 2.82. The molecule has 0 radical (unpaired) electrons. The van der Waals surface area contributed by atoms with E-state index in [1.807, 2.05) is 6.07 Å². The molecule has 0 aliphatic carbocycles. The fourth-order valence-electron chi connectivity index (χ4n) is 2.15. The Labute approximate surface area is 114 Å². The minimum atomic E-state index is -1.35. The molecule has 20 heavy (non-hydrogen) atoms. The van der Waals surface area contributed by atoms with Gasteiger partial charge in [-0.1, -0.05) is 12.1 Å². The van der Waals surface area contributed by atoms with Gasteiger partial charge in [0.15, 0.2) is 0 Å². The van der Waals surface area contributed by atoms with Crippen molar-refractivity contribution in [1.29, 1.82) is 5.26 Å². The summed E-state index contributed by atoms with van der Waals surface area (Å²) in [4.78, 5) is 23.8. The maximum absolute atomic E-state index is 13.3. The molecule has 104 valence electrons. The van der Waals surface area contributed by atoms with Gasteiger partial charge in [0.05, 0.1) is 17.8 Å². The van der Waals surface area contributed by atoms with Crippen LogP contribution in [-0.4, -0.2) is 40.8 Å². The average molecular weight is 277 g/mol. The van der Waals surface area contributed by atoms with Crippen LogP contribution in [0.1, 0.15) is 12.0 Å². The second kappa shape index (κ2) is 5.57. The van der Waals surface area contributed by atoms with E-state index >= 15 is 0 Å². The zero-order chi connectivity index (χ0) is 14.7. The van der Waals surface area contributed by atoms with Crippen molar-refractivity contribution >= 4 is 17.7 Å². The van der Waals surface area contributed by atoms with E-state index in [0.29, 0.717) is 0 Å². The van der Waals surface area contributed by atoms with E-state index in [9.17, 15) is 14.0 Å². The number of hydrogen-bond donors (Lipinski definition) is 2. The lowest BCUT2D eigenvalue weighted by Gasteiger charge is -2.20. The van der Waals surface area contributed by atoms with Gasteiger partial charge < -0.3 is 10.4 Å². The molecule has 2 N–H and O–H groups in total. The van der Waals surface area contributed by atoms with E-state index in [-0.39, 0.29) is 24.2 Å². The Morgan fingerprint density at radius 3 is 2.80 bits per heavy atom. The second-order valence-corrected chi connectivity index (χ2v) is 4.43. The molecule has 0 unspecified atom stereocenters. The van der Waals surface area contributed by atoms with Crippen molar-refractivity contribution in [3.05, 3.63) is 29.8 Å². The van der Waals surface area contributed by atoms with E-state index in [1.165, 1.54) is 12.1 Å². The van der Waals surface area contributed by atoms with Crippen molar-refractivity contribution in [3.8, 4) is 6.07 Å². The van der Waals surface area contributed by atoms with Gasteiger partial charge in [-0.05, 0) is 12.1 Å². The molecular formula is C13H12FN3O3. The SMILES string of the molecule is N#Cc1ccccc1NC(=O)[C@H]1C[C@@H](F)CN1C(=O)O. The number of carbonyl (C=O) groups is 2. The molecule has 1 heterocycles. The predicted octanol–water partition coefficient (Wildman–Crippen LogP) is 1.59. The molecule has 1 aromatic carbocycles. The molecule has 2 amide bonds. The second-order valence-electron chi connectivity index (χ2n) is 4.43. The fourth-order valence-corrected chi connectivity index (χ4v) is 2.15. The first-order valence-electron chi connectivity index (χ1n) is 5.96. The molecular weight excluding hydrogens is 265 g/mol. The minimum Gasteiger partial charge on any atom is -0.465 e. The zero-order valence-corrected chi connectivity index (χ0v) is 10.4. The molecule has 2 rings (SSSR count).